The first kappa shape index (κ1) is 20.6. The minimum atomic E-state index is -1.51. The second-order valence-corrected chi connectivity index (χ2v) is 6.35. The molecule has 0 aliphatic carbocycles. The summed E-state index contributed by atoms with van der Waals surface area (Å²) >= 11 is 0. The fraction of sp³-hybridized carbons (Fsp3) is 0.364. The molecule has 0 aliphatic heterocycles. The Morgan fingerprint density at radius 1 is 0.889 bits per heavy atom. The number of esters is 2. The van der Waals surface area contributed by atoms with Gasteiger partial charge in [-0.25, -0.2) is 0 Å². The van der Waals surface area contributed by atoms with Gasteiger partial charge in [-0.15, -0.1) is 0 Å². The Morgan fingerprint density at radius 2 is 1.37 bits per heavy atom. The molecule has 1 unspecified atom stereocenters. The summed E-state index contributed by atoms with van der Waals surface area (Å²) in [5, 5.41) is 3.37. The molecule has 0 amide bonds. The van der Waals surface area contributed by atoms with Crippen molar-refractivity contribution in [1.29, 1.82) is 0 Å². The van der Waals surface area contributed by atoms with Gasteiger partial charge < -0.3 is 14.8 Å². The van der Waals surface area contributed by atoms with Crippen molar-refractivity contribution in [2.45, 2.75) is 33.4 Å². The van der Waals surface area contributed by atoms with Crippen LogP contribution in [0.25, 0.3) is 0 Å². The Hall–Kier alpha value is -2.66. The normalized spacial score (nSPS) is 12.3. The molecule has 5 nitrogen and oxygen atoms in total. The van der Waals surface area contributed by atoms with Crippen LogP contribution >= 0.6 is 0 Å². The number of carbonyl (C=O) groups is 2. The van der Waals surface area contributed by atoms with Gasteiger partial charge in [0, 0.05) is 6.54 Å². The first-order valence-electron chi connectivity index (χ1n) is 9.20. The van der Waals surface area contributed by atoms with E-state index in [1.165, 1.54) is 0 Å². The second kappa shape index (κ2) is 9.88. The van der Waals surface area contributed by atoms with E-state index in [0.717, 1.165) is 11.1 Å². The lowest BCUT2D eigenvalue weighted by atomic mass is 9.78. The quantitative estimate of drug-likeness (QED) is 0.540. The third-order valence-corrected chi connectivity index (χ3v) is 4.46. The number of rotatable bonds is 9. The molecule has 144 valence electrons. The topological polar surface area (TPSA) is 64.6 Å². The SMILES string of the molecule is CCOC(=O)C(C)(C(=O)OCC)C(NCc1ccccc1)c1ccccc1. The molecule has 0 fully saturated rings. The zero-order valence-corrected chi connectivity index (χ0v) is 16.1. The van der Waals surface area contributed by atoms with E-state index >= 15 is 0 Å². The summed E-state index contributed by atoms with van der Waals surface area (Å²) in [4.78, 5) is 25.7. The lowest BCUT2D eigenvalue weighted by molar-refractivity contribution is -0.173. The zero-order valence-electron chi connectivity index (χ0n) is 16.1. The van der Waals surface area contributed by atoms with Gasteiger partial charge in [0.25, 0.3) is 0 Å². The van der Waals surface area contributed by atoms with Crippen LogP contribution in [-0.2, 0) is 25.6 Å². The lowest BCUT2D eigenvalue weighted by Gasteiger charge is -2.34. The Bertz CT molecular complexity index is 712. The minimum Gasteiger partial charge on any atom is -0.465 e. The average molecular weight is 369 g/mol. The molecule has 0 aliphatic rings. The molecule has 0 radical (unpaired) electrons. The smallest absolute Gasteiger partial charge is 0.325 e. The van der Waals surface area contributed by atoms with Crippen LogP contribution in [0.15, 0.2) is 60.7 Å². The van der Waals surface area contributed by atoms with Gasteiger partial charge in [0.1, 0.15) is 0 Å². The molecule has 1 N–H and O–H groups in total. The van der Waals surface area contributed by atoms with Gasteiger partial charge in [-0.1, -0.05) is 60.7 Å². The van der Waals surface area contributed by atoms with Crippen LogP contribution in [0.3, 0.4) is 0 Å². The van der Waals surface area contributed by atoms with Gasteiger partial charge in [0.15, 0.2) is 5.41 Å². The van der Waals surface area contributed by atoms with Crippen molar-refractivity contribution in [3.63, 3.8) is 0 Å². The number of hydrogen-bond donors (Lipinski definition) is 1. The third kappa shape index (κ3) is 4.95. The summed E-state index contributed by atoms with van der Waals surface area (Å²) in [5.74, 6) is -1.20. The molecule has 27 heavy (non-hydrogen) atoms. The molecule has 0 spiro atoms. The number of carbonyl (C=O) groups excluding carboxylic acids is 2. The summed E-state index contributed by atoms with van der Waals surface area (Å²) in [6.45, 7) is 5.90. The number of nitrogens with one attached hydrogen (secondary N) is 1. The maximum atomic E-state index is 12.8. The molecule has 5 heteroatoms. The Morgan fingerprint density at radius 3 is 1.85 bits per heavy atom. The molecule has 2 aromatic carbocycles. The minimum absolute atomic E-state index is 0.189. The molecule has 1 atom stereocenters. The predicted molar refractivity (Wildman–Crippen MR) is 104 cm³/mol. The van der Waals surface area contributed by atoms with Crippen molar-refractivity contribution >= 4 is 11.9 Å². The van der Waals surface area contributed by atoms with E-state index in [1.807, 2.05) is 60.7 Å². The monoisotopic (exact) mass is 369 g/mol. The number of ether oxygens (including phenoxy) is 2. The van der Waals surface area contributed by atoms with Crippen LogP contribution in [0.5, 0.6) is 0 Å². The summed E-state index contributed by atoms with van der Waals surface area (Å²) in [6.07, 6.45) is 0. The van der Waals surface area contributed by atoms with Crippen LogP contribution in [0, 0.1) is 5.41 Å². The fourth-order valence-corrected chi connectivity index (χ4v) is 3.00. The average Bonchev–Trinajstić information content (AvgIpc) is 2.69. The Balaban J connectivity index is 2.42. The van der Waals surface area contributed by atoms with E-state index in [9.17, 15) is 9.59 Å². The van der Waals surface area contributed by atoms with Crippen LogP contribution < -0.4 is 5.32 Å². The van der Waals surface area contributed by atoms with Crippen LogP contribution in [0.4, 0.5) is 0 Å². The lowest BCUT2D eigenvalue weighted by Crippen LogP contribution is -2.49. The largest absolute Gasteiger partial charge is 0.465 e. The van der Waals surface area contributed by atoms with Crippen molar-refractivity contribution < 1.29 is 19.1 Å². The second-order valence-electron chi connectivity index (χ2n) is 6.35. The van der Waals surface area contributed by atoms with E-state index < -0.39 is 23.4 Å². The molecule has 0 saturated heterocycles. The molecule has 0 heterocycles. The highest BCUT2D eigenvalue weighted by atomic mass is 16.6. The Labute approximate surface area is 160 Å². The van der Waals surface area contributed by atoms with Gasteiger partial charge in [0.2, 0.25) is 0 Å². The van der Waals surface area contributed by atoms with Gasteiger partial charge in [0.05, 0.1) is 19.3 Å². The summed E-state index contributed by atoms with van der Waals surface area (Å²) in [6, 6.07) is 18.6. The van der Waals surface area contributed by atoms with E-state index in [-0.39, 0.29) is 13.2 Å². The maximum absolute atomic E-state index is 12.8. The molecular weight excluding hydrogens is 342 g/mol. The first-order valence-corrected chi connectivity index (χ1v) is 9.20. The zero-order chi connectivity index (χ0) is 19.7. The van der Waals surface area contributed by atoms with Crippen LogP contribution in [-0.4, -0.2) is 25.2 Å². The summed E-state index contributed by atoms with van der Waals surface area (Å²) in [5.41, 5.74) is 0.354. The van der Waals surface area contributed by atoms with Crippen LogP contribution in [0.1, 0.15) is 37.9 Å². The molecule has 0 aromatic heterocycles. The van der Waals surface area contributed by atoms with Gasteiger partial charge in [-0.2, -0.15) is 0 Å². The van der Waals surface area contributed by atoms with E-state index in [0.29, 0.717) is 6.54 Å². The highest BCUT2D eigenvalue weighted by Gasteiger charge is 2.51. The standard InChI is InChI=1S/C22H27NO4/c1-4-26-20(24)22(3,21(25)27-5-2)19(18-14-10-7-11-15-18)23-16-17-12-8-6-9-13-17/h6-15,19,23H,4-5,16H2,1-3H3. The third-order valence-electron chi connectivity index (χ3n) is 4.46. The van der Waals surface area contributed by atoms with Gasteiger partial charge in [-0.05, 0) is 31.9 Å². The van der Waals surface area contributed by atoms with E-state index in [1.54, 1.807) is 20.8 Å². The predicted octanol–water partition coefficient (Wildman–Crippen LogP) is 3.65. The number of benzene rings is 2. The van der Waals surface area contributed by atoms with Crippen LogP contribution in [0.2, 0.25) is 0 Å². The summed E-state index contributed by atoms with van der Waals surface area (Å²) in [7, 11) is 0. The fourth-order valence-electron chi connectivity index (χ4n) is 3.00. The van der Waals surface area contributed by atoms with Crippen molar-refractivity contribution in [3.05, 3.63) is 71.8 Å². The molecule has 0 bridgehead atoms. The van der Waals surface area contributed by atoms with Crippen molar-refractivity contribution in [2.24, 2.45) is 5.41 Å². The van der Waals surface area contributed by atoms with Crippen molar-refractivity contribution in [3.8, 4) is 0 Å². The molecular formula is C22H27NO4. The van der Waals surface area contributed by atoms with Crippen molar-refractivity contribution in [2.75, 3.05) is 13.2 Å². The van der Waals surface area contributed by atoms with Crippen molar-refractivity contribution in [1.82, 2.24) is 5.32 Å². The maximum Gasteiger partial charge on any atom is 0.325 e. The first-order chi connectivity index (χ1) is 13.0. The molecule has 2 rings (SSSR count). The summed E-state index contributed by atoms with van der Waals surface area (Å²) < 4.78 is 10.5. The highest BCUT2D eigenvalue weighted by Crippen LogP contribution is 2.37. The number of hydrogen-bond acceptors (Lipinski definition) is 5. The molecule has 0 saturated carbocycles. The van der Waals surface area contributed by atoms with E-state index in [4.69, 9.17) is 9.47 Å². The van der Waals surface area contributed by atoms with Gasteiger partial charge in [-0.3, -0.25) is 9.59 Å². The van der Waals surface area contributed by atoms with Gasteiger partial charge >= 0.3 is 11.9 Å². The highest BCUT2D eigenvalue weighted by molar-refractivity contribution is 6.00. The van der Waals surface area contributed by atoms with E-state index in [2.05, 4.69) is 5.32 Å². The Kier molecular flexibility index (Phi) is 7.55. The molecule has 2 aromatic rings.